The minimum atomic E-state index is -4.42. The molecule has 1 aromatic heterocycles. The van der Waals surface area contributed by atoms with Crippen molar-refractivity contribution in [2.75, 3.05) is 5.32 Å². The number of hydrogen-bond donors (Lipinski definition) is 1. The molecule has 1 N–H and O–H groups in total. The number of nitrogens with one attached hydrogen (secondary N) is 1. The van der Waals surface area contributed by atoms with Gasteiger partial charge in [0.15, 0.2) is 5.82 Å². The smallest absolute Gasteiger partial charge is 0.375 e. The highest BCUT2D eigenvalue weighted by Gasteiger charge is 2.30. The first-order valence-electron chi connectivity index (χ1n) is 6.68. The van der Waals surface area contributed by atoms with Crippen molar-refractivity contribution >= 4 is 17.3 Å². The minimum absolute atomic E-state index is 0.0169. The zero-order valence-corrected chi connectivity index (χ0v) is 12.8. The zero-order chi connectivity index (χ0) is 16.3. The van der Waals surface area contributed by atoms with E-state index < -0.39 is 11.7 Å². The van der Waals surface area contributed by atoms with E-state index in [1.165, 1.54) is 6.07 Å². The Hall–Kier alpha value is -1.76. The second-order valence-corrected chi connectivity index (χ2v) is 5.66. The molecular weight excluding hydrogens is 319 g/mol. The van der Waals surface area contributed by atoms with Gasteiger partial charge in [0.2, 0.25) is 5.89 Å². The highest BCUT2D eigenvalue weighted by atomic mass is 35.5. The van der Waals surface area contributed by atoms with E-state index in [4.69, 9.17) is 16.1 Å². The van der Waals surface area contributed by atoms with Crippen LogP contribution in [-0.2, 0) is 19.1 Å². The Morgan fingerprint density at radius 2 is 2.05 bits per heavy atom. The molecule has 0 spiro atoms. The molecule has 0 atom stereocenters. The molecule has 0 amide bonds. The molecule has 120 valence electrons. The van der Waals surface area contributed by atoms with E-state index in [-0.39, 0.29) is 11.6 Å². The molecule has 22 heavy (non-hydrogen) atoms. The second kappa shape index (κ2) is 6.56. The molecule has 1 aromatic carbocycles. The second-order valence-electron chi connectivity index (χ2n) is 5.25. The van der Waals surface area contributed by atoms with Crippen LogP contribution >= 0.6 is 11.6 Å². The van der Waals surface area contributed by atoms with E-state index in [1.807, 2.05) is 13.8 Å². The Balaban J connectivity index is 2.01. The van der Waals surface area contributed by atoms with E-state index in [1.54, 1.807) is 0 Å². The Morgan fingerprint density at radius 1 is 1.32 bits per heavy atom. The van der Waals surface area contributed by atoms with Crippen LogP contribution in [0.5, 0.6) is 0 Å². The van der Waals surface area contributed by atoms with Gasteiger partial charge < -0.3 is 9.84 Å². The summed E-state index contributed by atoms with van der Waals surface area (Å²) in [6, 6.07) is 3.12. The first-order chi connectivity index (χ1) is 10.3. The molecule has 0 fully saturated rings. The van der Waals surface area contributed by atoms with Crippen LogP contribution in [0.3, 0.4) is 0 Å². The Kier molecular flexibility index (Phi) is 4.95. The molecule has 0 radical (unpaired) electrons. The van der Waals surface area contributed by atoms with Gasteiger partial charge in [-0.1, -0.05) is 30.6 Å². The molecule has 0 unspecified atom stereocenters. The summed E-state index contributed by atoms with van der Waals surface area (Å²) in [5.41, 5.74) is -0.418. The quantitative estimate of drug-likeness (QED) is 0.872. The fraction of sp³-hybridized carbons (Fsp3) is 0.429. The van der Waals surface area contributed by atoms with Crippen molar-refractivity contribution in [2.24, 2.45) is 5.92 Å². The molecule has 0 aliphatic carbocycles. The van der Waals surface area contributed by atoms with Crippen LogP contribution in [0.25, 0.3) is 0 Å². The van der Waals surface area contributed by atoms with Crippen molar-refractivity contribution in [3.63, 3.8) is 0 Å². The molecule has 0 bridgehead atoms. The van der Waals surface area contributed by atoms with Crippen molar-refractivity contribution in [3.05, 3.63) is 40.5 Å². The number of halogens is 4. The van der Waals surface area contributed by atoms with Crippen LogP contribution in [0, 0.1) is 5.92 Å². The lowest BCUT2D eigenvalue weighted by atomic mass is 10.1. The highest BCUT2D eigenvalue weighted by molar-refractivity contribution is 6.33. The van der Waals surface area contributed by atoms with Gasteiger partial charge in [-0.05, 0) is 24.1 Å². The van der Waals surface area contributed by atoms with Crippen LogP contribution in [0.2, 0.25) is 5.02 Å². The highest BCUT2D eigenvalue weighted by Crippen LogP contribution is 2.33. The standard InChI is InChI=1S/C14H15ClF3N3O/c1-8(2)5-12-20-13(22-21-12)7-19-11-4-3-9(6-10(11)15)14(16,17)18/h3-4,6,8,19H,5,7H2,1-2H3. The summed E-state index contributed by atoms with van der Waals surface area (Å²) in [5.74, 6) is 1.36. The molecule has 4 nitrogen and oxygen atoms in total. The Morgan fingerprint density at radius 3 is 2.64 bits per heavy atom. The minimum Gasteiger partial charge on any atom is -0.375 e. The normalized spacial score (nSPS) is 12.0. The van der Waals surface area contributed by atoms with Gasteiger partial charge in [-0.15, -0.1) is 0 Å². The molecule has 2 aromatic rings. The lowest BCUT2D eigenvalue weighted by Crippen LogP contribution is -2.06. The maximum absolute atomic E-state index is 12.5. The molecule has 2 rings (SSSR count). The fourth-order valence-corrected chi connectivity index (χ4v) is 2.06. The number of benzene rings is 1. The number of alkyl halides is 3. The van der Waals surface area contributed by atoms with Crippen molar-refractivity contribution < 1.29 is 17.7 Å². The fourth-order valence-electron chi connectivity index (χ4n) is 1.82. The number of anilines is 1. The van der Waals surface area contributed by atoms with Crippen LogP contribution in [-0.4, -0.2) is 10.1 Å². The summed E-state index contributed by atoms with van der Waals surface area (Å²) >= 11 is 5.85. The number of hydrogen-bond acceptors (Lipinski definition) is 4. The SMILES string of the molecule is CC(C)Cc1noc(CNc2ccc(C(F)(F)F)cc2Cl)n1. The average Bonchev–Trinajstić information content (AvgIpc) is 2.83. The summed E-state index contributed by atoms with van der Waals surface area (Å²) in [5, 5.41) is 6.69. The van der Waals surface area contributed by atoms with E-state index >= 15 is 0 Å². The van der Waals surface area contributed by atoms with Gasteiger partial charge >= 0.3 is 6.18 Å². The summed E-state index contributed by atoms with van der Waals surface area (Å²) in [6.45, 7) is 4.27. The number of rotatable bonds is 5. The third-order valence-electron chi connectivity index (χ3n) is 2.83. The van der Waals surface area contributed by atoms with Gasteiger partial charge in [0.05, 0.1) is 22.8 Å². The van der Waals surface area contributed by atoms with Gasteiger partial charge in [-0.3, -0.25) is 0 Å². The van der Waals surface area contributed by atoms with Crippen molar-refractivity contribution in [3.8, 4) is 0 Å². The lowest BCUT2D eigenvalue weighted by Gasteiger charge is -2.10. The van der Waals surface area contributed by atoms with Gasteiger partial charge in [0, 0.05) is 6.42 Å². The topological polar surface area (TPSA) is 51.0 Å². The molecular formula is C14H15ClF3N3O. The predicted octanol–water partition coefficient (Wildman–Crippen LogP) is 4.55. The largest absolute Gasteiger partial charge is 0.416 e. The molecule has 0 saturated carbocycles. The Bertz CT molecular complexity index is 641. The molecule has 1 heterocycles. The summed E-state index contributed by atoms with van der Waals surface area (Å²) in [6.07, 6.45) is -3.72. The Labute approximate surface area is 130 Å². The zero-order valence-electron chi connectivity index (χ0n) is 12.0. The van der Waals surface area contributed by atoms with Crippen molar-refractivity contribution in [2.45, 2.75) is 33.0 Å². The van der Waals surface area contributed by atoms with E-state index in [2.05, 4.69) is 15.5 Å². The van der Waals surface area contributed by atoms with Crippen LogP contribution < -0.4 is 5.32 Å². The predicted molar refractivity (Wildman–Crippen MR) is 76.6 cm³/mol. The van der Waals surface area contributed by atoms with Crippen LogP contribution in [0.15, 0.2) is 22.7 Å². The summed E-state index contributed by atoms with van der Waals surface area (Å²) < 4.78 is 42.7. The van der Waals surface area contributed by atoms with Crippen molar-refractivity contribution in [1.29, 1.82) is 0 Å². The van der Waals surface area contributed by atoms with Crippen LogP contribution in [0.1, 0.15) is 31.1 Å². The van der Waals surface area contributed by atoms with Crippen LogP contribution in [0.4, 0.5) is 18.9 Å². The first kappa shape index (κ1) is 16.6. The first-order valence-corrected chi connectivity index (χ1v) is 7.05. The maximum atomic E-state index is 12.5. The maximum Gasteiger partial charge on any atom is 0.416 e. The van der Waals surface area contributed by atoms with Crippen molar-refractivity contribution in [1.82, 2.24) is 10.1 Å². The molecule has 0 saturated heterocycles. The average molecular weight is 334 g/mol. The van der Waals surface area contributed by atoms with Gasteiger partial charge in [-0.2, -0.15) is 18.2 Å². The third kappa shape index (κ3) is 4.37. The van der Waals surface area contributed by atoms with Gasteiger partial charge in [-0.25, -0.2) is 0 Å². The third-order valence-corrected chi connectivity index (χ3v) is 3.14. The monoisotopic (exact) mass is 333 g/mol. The molecule has 0 aliphatic rings. The summed E-state index contributed by atoms with van der Waals surface area (Å²) in [4.78, 5) is 4.19. The number of aromatic nitrogens is 2. The van der Waals surface area contributed by atoms with E-state index in [0.29, 0.717) is 29.7 Å². The van der Waals surface area contributed by atoms with Gasteiger partial charge in [0.1, 0.15) is 0 Å². The number of nitrogens with zero attached hydrogens (tertiary/aromatic N) is 2. The summed E-state index contributed by atoms with van der Waals surface area (Å²) in [7, 11) is 0. The molecule has 0 aliphatic heterocycles. The molecule has 8 heteroatoms. The van der Waals surface area contributed by atoms with E-state index in [9.17, 15) is 13.2 Å². The van der Waals surface area contributed by atoms with Gasteiger partial charge in [0.25, 0.3) is 0 Å². The van der Waals surface area contributed by atoms with E-state index in [0.717, 1.165) is 12.1 Å². The lowest BCUT2D eigenvalue weighted by molar-refractivity contribution is -0.137.